The number of carbonyl (C=O) groups is 1. The molecule has 0 spiro atoms. The fourth-order valence-corrected chi connectivity index (χ4v) is 0.965. The zero-order valence-corrected chi connectivity index (χ0v) is 11.3. The van der Waals surface area contributed by atoms with Crippen LogP contribution in [0.25, 0.3) is 0 Å². The highest BCUT2D eigenvalue weighted by Gasteiger charge is 2.35. The van der Waals surface area contributed by atoms with E-state index in [0.29, 0.717) is 13.2 Å². The molecule has 0 bridgehead atoms. The first-order valence-corrected chi connectivity index (χ1v) is 5.81. The third kappa shape index (κ3) is 4.49. The number of hydrogen-bond acceptors (Lipinski definition) is 4. The first-order valence-electron chi connectivity index (χ1n) is 5.81. The summed E-state index contributed by atoms with van der Waals surface area (Å²) < 4.78 is 10.8. The number of hydrogen-bond donors (Lipinski definition) is 1. The molecular weight excluding hydrogens is 206 g/mol. The summed E-state index contributed by atoms with van der Waals surface area (Å²) in [7, 11) is 1.74. The monoisotopic (exact) mass is 231 g/mol. The maximum Gasteiger partial charge on any atom is 0.328 e. The van der Waals surface area contributed by atoms with Gasteiger partial charge in [0.05, 0.1) is 18.8 Å². The van der Waals surface area contributed by atoms with Crippen LogP contribution in [0.15, 0.2) is 0 Å². The smallest absolute Gasteiger partial charge is 0.328 e. The van der Waals surface area contributed by atoms with Crippen LogP contribution < -0.4 is 5.32 Å². The first kappa shape index (κ1) is 15.4. The predicted molar refractivity (Wildman–Crippen MR) is 64.4 cm³/mol. The molecular formula is C12H25NO3. The van der Waals surface area contributed by atoms with Crippen molar-refractivity contribution in [1.82, 2.24) is 5.32 Å². The summed E-state index contributed by atoms with van der Waals surface area (Å²) in [5.41, 5.74) is -0.993. The molecule has 0 aliphatic rings. The van der Waals surface area contributed by atoms with Crippen molar-refractivity contribution in [3.05, 3.63) is 0 Å². The molecule has 0 radical (unpaired) electrons. The standard InChI is InChI=1S/C12H25NO3/c1-7-11(3,4)16-9-12(5,13-6)10(14)15-8-2/h13H,7-9H2,1-6H3. The van der Waals surface area contributed by atoms with Crippen LogP contribution in [-0.4, -0.2) is 37.4 Å². The van der Waals surface area contributed by atoms with Crippen molar-refractivity contribution in [2.24, 2.45) is 0 Å². The molecule has 0 aromatic rings. The highest BCUT2D eigenvalue weighted by molar-refractivity contribution is 5.80. The summed E-state index contributed by atoms with van der Waals surface area (Å²) in [5.74, 6) is -0.274. The van der Waals surface area contributed by atoms with E-state index in [2.05, 4.69) is 12.2 Å². The van der Waals surface area contributed by atoms with Gasteiger partial charge in [0.2, 0.25) is 0 Å². The van der Waals surface area contributed by atoms with E-state index in [1.165, 1.54) is 0 Å². The number of rotatable bonds is 7. The molecule has 4 nitrogen and oxygen atoms in total. The molecule has 0 aromatic carbocycles. The minimum atomic E-state index is -0.775. The van der Waals surface area contributed by atoms with E-state index in [4.69, 9.17) is 9.47 Å². The molecule has 0 aromatic heterocycles. The molecule has 0 saturated heterocycles. The van der Waals surface area contributed by atoms with Gasteiger partial charge in [-0.2, -0.15) is 0 Å². The summed E-state index contributed by atoms with van der Waals surface area (Å²) in [6.07, 6.45) is 0.898. The minimum absolute atomic E-state index is 0.218. The van der Waals surface area contributed by atoms with Crippen molar-refractivity contribution in [3.8, 4) is 0 Å². The Balaban J connectivity index is 4.43. The van der Waals surface area contributed by atoms with Crippen LogP contribution >= 0.6 is 0 Å². The first-order chi connectivity index (χ1) is 7.31. The zero-order valence-electron chi connectivity index (χ0n) is 11.3. The Hall–Kier alpha value is -0.610. The number of likely N-dealkylation sites (N-methyl/N-ethyl adjacent to an activating group) is 1. The van der Waals surface area contributed by atoms with Crippen molar-refractivity contribution in [2.45, 2.75) is 52.2 Å². The molecule has 0 saturated carbocycles. The average Bonchev–Trinajstić information content (AvgIpc) is 2.26. The van der Waals surface area contributed by atoms with Crippen molar-refractivity contribution in [2.75, 3.05) is 20.3 Å². The molecule has 1 N–H and O–H groups in total. The highest BCUT2D eigenvalue weighted by Crippen LogP contribution is 2.17. The molecule has 1 unspecified atom stereocenters. The van der Waals surface area contributed by atoms with E-state index in [-0.39, 0.29) is 11.6 Å². The van der Waals surface area contributed by atoms with Crippen molar-refractivity contribution < 1.29 is 14.3 Å². The summed E-state index contributed by atoms with van der Waals surface area (Å²) in [6, 6.07) is 0. The molecule has 16 heavy (non-hydrogen) atoms. The molecule has 0 aliphatic heterocycles. The lowest BCUT2D eigenvalue weighted by Crippen LogP contribution is -2.53. The van der Waals surface area contributed by atoms with Crippen LogP contribution in [0.2, 0.25) is 0 Å². The van der Waals surface area contributed by atoms with Crippen molar-refractivity contribution in [3.63, 3.8) is 0 Å². The van der Waals surface area contributed by atoms with Gasteiger partial charge in [-0.25, -0.2) is 4.79 Å². The Morgan fingerprint density at radius 2 is 1.81 bits per heavy atom. The van der Waals surface area contributed by atoms with E-state index >= 15 is 0 Å². The van der Waals surface area contributed by atoms with Crippen LogP contribution in [0, 0.1) is 0 Å². The van der Waals surface area contributed by atoms with Gasteiger partial charge in [0.25, 0.3) is 0 Å². The molecule has 0 heterocycles. The second kappa shape index (κ2) is 6.21. The molecule has 96 valence electrons. The molecule has 0 fully saturated rings. The zero-order chi connectivity index (χ0) is 12.8. The minimum Gasteiger partial charge on any atom is -0.465 e. The van der Waals surface area contributed by atoms with Crippen molar-refractivity contribution >= 4 is 5.97 Å². The predicted octanol–water partition coefficient (Wildman–Crippen LogP) is 1.73. The van der Waals surface area contributed by atoms with Gasteiger partial charge in [-0.3, -0.25) is 0 Å². The van der Waals surface area contributed by atoms with Gasteiger partial charge >= 0.3 is 5.97 Å². The Kier molecular flexibility index (Phi) is 5.97. The largest absolute Gasteiger partial charge is 0.465 e. The normalized spacial score (nSPS) is 15.6. The van der Waals surface area contributed by atoms with Crippen LogP contribution in [-0.2, 0) is 14.3 Å². The lowest BCUT2D eigenvalue weighted by Gasteiger charge is -2.32. The van der Waals surface area contributed by atoms with Gasteiger partial charge in [0.1, 0.15) is 5.54 Å². The Labute approximate surface area is 98.7 Å². The molecule has 0 aliphatic carbocycles. The lowest BCUT2D eigenvalue weighted by atomic mass is 10.0. The number of carbonyl (C=O) groups excluding carboxylic acids is 1. The number of ether oxygens (including phenoxy) is 2. The van der Waals surface area contributed by atoms with E-state index in [9.17, 15) is 4.79 Å². The van der Waals surface area contributed by atoms with Gasteiger partial charge in [0, 0.05) is 0 Å². The van der Waals surface area contributed by atoms with Crippen molar-refractivity contribution in [1.29, 1.82) is 0 Å². The van der Waals surface area contributed by atoms with Gasteiger partial charge in [0.15, 0.2) is 0 Å². The number of nitrogens with one attached hydrogen (secondary N) is 1. The molecule has 1 atom stereocenters. The van der Waals surface area contributed by atoms with Gasteiger partial charge in [-0.05, 0) is 41.2 Å². The third-order valence-electron chi connectivity index (χ3n) is 2.88. The topological polar surface area (TPSA) is 47.6 Å². The van der Waals surface area contributed by atoms with Crippen LogP contribution in [0.3, 0.4) is 0 Å². The van der Waals surface area contributed by atoms with Gasteiger partial charge in [-0.15, -0.1) is 0 Å². The maximum absolute atomic E-state index is 11.7. The van der Waals surface area contributed by atoms with Crippen LogP contribution in [0.4, 0.5) is 0 Å². The second-order valence-corrected chi connectivity index (χ2v) is 4.70. The lowest BCUT2D eigenvalue weighted by molar-refractivity contribution is -0.156. The fraction of sp³-hybridized carbons (Fsp3) is 0.917. The third-order valence-corrected chi connectivity index (χ3v) is 2.88. The van der Waals surface area contributed by atoms with E-state index in [1.807, 2.05) is 13.8 Å². The summed E-state index contributed by atoms with van der Waals surface area (Å²) in [6.45, 7) is 10.3. The quantitative estimate of drug-likeness (QED) is 0.678. The van der Waals surface area contributed by atoms with E-state index in [1.54, 1.807) is 20.9 Å². The highest BCUT2D eigenvalue weighted by atomic mass is 16.5. The maximum atomic E-state index is 11.7. The molecule has 0 amide bonds. The summed E-state index contributed by atoms with van der Waals surface area (Å²) in [5, 5.41) is 2.96. The van der Waals surface area contributed by atoms with Crippen LogP contribution in [0.5, 0.6) is 0 Å². The van der Waals surface area contributed by atoms with E-state index in [0.717, 1.165) is 6.42 Å². The Bertz CT molecular complexity index is 228. The molecule has 0 rings (SSSR count). The van der Waals surface area contributed by atoms with E-state index < -0.39 is 5.54 Å². The summed E-state index contributed by atoms with van der Waals surface area (Å²) >= 11 is 0. The van der Waals surface area contributed by atoms with Gasteiger partial charge < -0.3 is 14.8 Å². The Morgan fingerprint density at radius 1 is 1.25 bits per heavy atom. The number of esters is 1. The second-order valence-electron chi connectivity index (χ2n) is 4.70. The average molecular weight is 231 g/mol. The molecule has 4 heteroatoms. The van der Waals surface area contributed by atoms with Crippen LogP contribution in [0.1, 0.15) is 41.0 Å². The van der Waals surface area contributed by atoms with Gasteiger partial charge in [-0.1, -0.05) is 6.92 Å². The summed E-state index contributed by atoms with van der Waals surface area (Å²) in [4.78, 5) is 11.7. The fourth-order valence-electron chi connectivity index (χ4n) is 0.965. The SMILES string of the molecule is CCOC(=O)C(C)(COC(C)(C)CC)NC. The Morgan fingerprint density at radius 3 is 2.19 bits per heavy atom.